The van der Waals surface area contributed by atoms with Crippen LogP contribution in [0.25, 0.3) is 0 Å². The van der Waals surface area contributed by atoms with Crippen LogP contribution in [-0.2, 0) is 0 Å². The van der Waals surface area contributed by atoms with Gasteiger partial charge in [0.15, 0.2) is 0 Å². The number of aliphatic hydroxyl groups is 2. The van der Waals surface area contributed by atoms with E-state index in [4.69, 9.17) is 0 Å². The fraction of sp³-hybridized carbons (Fsp3) is 0.600. The van der Waals surface area contributed by atoms with Gasteiger partial charge < -0.3 is 15.1 Å². The first-order valence-corrected chi connectivity index (χ1v) is 6.92. The van der Waals surface area contributed by atoms with Gasteiger partial charge in [0.1, 0.15) is 0 Å². The summed E-state index contributed by atoms with van der Waals surface area (Å²) in [5, 5.41) is 19.4. The maximum Gasteiger partial charge on any atom is 0.0807 e. The predicted molar refractivity (Wildman–Crippen MR) is 73.8 cm³/mol. The van der Waals surface area contributed by atoms with Crippen LogP contribution >= 0.6 is 0 Å². The molecule has 0 aliphatic heterocycles. The van der Waals surface area contributed by atoms with Gasteiger partial charge in [0.2, 0.25) is 0 Å². The number of para-hydroxylation sites is 1. The molecule has 3 nitrogen and oxygen atoms in total. The highest BCUT2D eigenvalue weighted by Gasteiger charge is 2.27. The first-order valence-electron chi connectivity index (χ1n) is 6.92. The summed E-state index contributed by atoms with van der Waals surface area (Å²) < 4.78 is 0. The van der Waals surface area contributed by atoms with Gasteiger partial charge >= 0.3 is 0 Å². The van der Waals surface area contributed by atoms with Crippen molar-refractivity contribution in [3.8, 4) is 0 Å². The Morgan fingerprint density at radius 1 is 1.33 bits per heavy atom. The lowest BCUT2D eigenvalue weighted by atomic mass is 9.90. The van der Waals surface area contributed by atoms with Gasteiger partial charge in [-0.25, -0.2) is 0 Å². The minimum atomic E-state index is -0.414. The molecule has 3 heteroatoms. The van der Waals surface area contributed by atoms with E-state index in [2.05, 4.69) is 11.0 Å². The second-order valence-electron chi connectivity index (χ2n) is 4.98. The molecule has 1 fully saturated rings. The first-order chi connectivity index (χ1) is 8.77. The van der Waals surface area contributed by atoms with Crippen LogP contribution in [0, 0.1) is 0 Å². The van der Waals surface area contributed by atoms with Gasteiger partial charge in [-0.15, -0.1) is 0 Å². The average Bonchev–Trinajstić information content (AvgIpc) is 2.35. The smallest absolute Gasteiger partial charge is 0.0807 e. The van der Waals surface area contributed by atoms with Crippen molar-refractivity contribution < 1.29 is 10.2 Å². The maximum absolute atomic E-state index is 10.1. The van der Waals surface area contributed by atoms with Gasteiger partial charge in [0, 0.05) is 23.8 Å². The van der Waals surface area contributed by atoms with Crippen molar-refractivity contribution in [1.82, 2.24) is 0 Å². The third kappa shape index (κ3) is 2.68. The number of rotatable bonds is 6. The lowest BCUT2D eigenvalue weighted by molar-refractivity contribution is 0.173. The van der Waals surface area contributed by atoms with Crippen molar-refractivity contribution in [3.05, 3.63) is 29.8 Å². The largest absolute Gasteiger partial charge is 0.395 e. The molecule has 0 saturated heterocycles. The first kappa shape index (κ1) is 13.4. The van der Waals surface area contributed by atoms with E-state index in [0.29, 0.717) is 19.0 Å². The lowest BCUT2D eigenvalue weighted by Crippen LogP contribution is -2.42. The van der Waals surface area contributed by atoms with Crippen molar-refractivity contribution >= 4 is 5.69 Å². The zero-order valence-electron chi connectivity index (χ0n) is 11.0. The highest BCUT2D eigenvalue weighted by molar-refractivity contribution is 5.55. The molecule has 0 heterocycles. The number of anilines is 1. The summed E-state index contributed by atoms with van der Waals surface area (Å²) in [6.07, 6.45) is 3.95. The van der Waals surface area contributed by atoms with Crippen molar-refractivity contribution in [3.63, 3.8) is 0 Å². The molecule has 100 valence electrons. The van der Waals surface area contributed by atoms with Gasteiger partial charge in [-0.2, -0.15) is 0 Å². The number of nitrogens with zero attached hydrogens (tertiary/aromatic N) is 1. The average molecular weight is 249 g/mol. The Morgan fingerprint density at radius 3 is 2.61 bits per heavy atom. The van der Waals surface area contributed by atoms with E-state index < -0.39 is 6.10 Å². The summed E-state index contributed by atoms with van der Waals surface area (Å²) in [6, 6.07) is 8.55. The molecule has 0 bridgehead atoms. The zero-order valence-corrected chi connectivity index (χ0v) is 11.0. The maximum atomic E-state index is 10.1. The van der Waals surface area contributed by atoms with E-state index in [9.17, 15) is 10.2 Å². The molecule has 1 unspecified atom stereocenters. The molecule has 0 radical (unpaired) electrons. The summed E-state index contributed by atoms with van der Waals surface area (Å²) in [5.41, 5.74) is 2.07. The van der Waals surface area contributed by atoms with Crippen molar-refractivity contribution in [2.24, 2.45) is 0 Å². The van der Waals surface area contributed by atoms with E-state index in [1.165, 1.54) is 19.3 Å². The summed E-state index contributed by atoms with van der Waals surface area (Å²) in [7, 11) is 0. The Morgan fingerprint density at radius 2 is 2.06 bits per heavy atom. The van der Waals surface area contributed by atoms with Crippen LogP contribution in [0.15, 0.2) is 24.3 Å². The molecule has 1 aliphatic rings. The van der Waals surface area contributed by atoms with Crippen molar-refractivity contribution in [1.29, 1.82) is 0 Å². The Bertz CT molecular complexity index is 377. The molecule has 2 rings (SSSR count). The molecular formula is C15H23NO2. The van der Waals surface area contributed by atoms with E-state index in [-0.39, 0.29) is 6.61 Å². The van der Waals surface area contributed by atoms with Crippen molar-refractivity contribution in [2.75, 3.05) is 18.1 Å². The Kier molecular flexibility index (Phi) is 4.61. The standard InChI is InChI=1S/C15H23NO2/c1-2-15(18)13-8-3-4-9-14(13)16(10-11-17)12-6-5-7-12/h3-4,8-9,12,15,17-18H,2,5-7,10-11H2,1H3. The van der Waals surface area contributed by atoms with Gasteiger partial charge in [-0.3, -0.25) is 0 Å². The third-order valence-electron chi connectivity index (χ3n) is 3.85. The van der Waals surface area contributed by atoms with Crippen molar-refractivity contribution in [2.45, 2.75) is 44.8 Å². The van der Waals surface area contributed by atoms with Crippen LogP contribution in [0.5, 0.6) is 0 Å². The van der Waals surface area contributed by atoms with Crippen LogP contribution in [0.4, 0.5) is 5.69 Å². The molecule has 1 aliphatic carbocycles. The highest BCUT2D eigenvalue weighted by Crippen LogP contribution is 2.34. The number of hydrogen-bond acceptors (Lipinski definition) is 3. The monoisotopic (exact) mass is 249 g/mol. The number of hydrogen-bond donors (Lipinski definition) is 2. The molecule has 1 aromatic rings. The van der Waals surface area contributed by atoms with Crippen LogP contribution in [0.1, 0.15) is 44.3 Å². The van der Waals surface area contributed by atoms with Gasteiger partial charge in [0.05, 0.1) is 12.7 Å². The Hall–Kier alpha value is -1.06. The Balaban J connectivity index is 2.27. The normalized spacial score (nSPS) is 17.3. The zero-order chi connectivity index (χ0) is 13.0. The predicted octanol–water partition coefficient (Wildman–Crippen LogP) is 2.48. The quantitative estimate of drug-likeness (QED) is 0.814. The van der Waals surface area contributed by atoms with E-state index in [0.717, 1.165) is 11.3 Å². The van der Waals surface area contributed by atoms with E-state index in [1.54, 1.807) is 0 Å². The molecule has 0 spiro atoms. The summed E-state index contributed by atoms with van der Waals surface area (Å²) >= 11 is 0. The summed E-state index contributed by atoms with van der Waals surface area (Å²) in [4.78, 5) is 2.26. The van der Waals surface area contributed by atoms with Gasteiger partial charge in [-0.05, 0) is 31.7 Å². The molecule has 2 N–H and O–H groups in total. The second-order valence-corrected chi connectivity index (χ2v) is 4.98. The van der Waals surface area contributed by atoms with E-state index >= 15 is 0 Å². The minimum Gasteiger partial charge on any atom is -0.395 e. The van der Waals surface area contributed by atoms with E-state index in [1.807, 2.05) is 25.1 Å². The highest BCUT2D eigenvalue weighted by atomic mass is 16.3. The fourth-order valence-corrected chi connectivity index (χ4v) is 2.56. The number of benzene rings is 1. The topological polar surface area (TPSA) is 43.7 Å². The third-order valence-corrected chi connectivity index (χ3v) is 3.85. The second kappa shape index (κ2) is 6.21. The molecule has 0 amide bonds. The van der Waals surface area contributed by atoms with Crippen LogP contribution in [0.3, 0.4) is 0 Å². The molecule has 1 saturated carbocycles. The lowest BCUT2D eigenvalue weighted by Gasteiger charge is -2.40. The van der Waals surface area contributed by atoms with Crippen LogP contribution in [-0.4, -0.2) is 29.4 Å². The van der Waals surface area contributed by atoms with Crippen LogP contribution < -0.4 is 4.90 Å². The molecule has 18 heavy (non-hydrogen) atoms. The minimum absolute atomic E-state index is 0.160. The molecular weight excluding hydrogens is 226 g/mol. The fourth-order valence-electron chi connectivity index (χ4n) is 2.56. The summed E-state index contributed by atoms with van der Waals surface area (Å²) in [6.45, 7) is 2.80. The molecule has 1 aromatic carbocycles. The summed E-state index contributed by atoms with van der Waals surface area (Å²) in [5.74, 6) is 0. The molecule has 0 aromatic heterocycles. The Labute approximate surface area is 109 Å². The van der Waals surface area contributed by atoms with Crippen LogP contribution in [0.2, 0.25) is 0 Å². The SMILES string of the molecule is CCC(O)c1ccccc1N(CCO)C1CCC1. The number of aliphatic hydroxyl groups excluding tert-OH is 2. The van der Waals surface area contributed by atoms with Gasteiger partial charge in [0.25, 0.3) is 0 Å². The van der Waals surface area contributed by atoms with Gasteiger partial charge in [-0.1, -0.05) is 25.1 Å². The molecule has 1 atom stereocenters.